The van der Waals surface area contributed by atoms with Crippen molar-refractivity contribution < 1.29 is 4.79 Å². The number of pyridine rings is 1. The molecule has 6 heteroatoms. The summed E-state index contributed by atoms with van der Waals surface area (Å²) in [7, 11) is 0. The van der Waals surface area contributed by atoms with Crippen LogP contribution in [0.15, 0.2) is 30.3 Å². The van der Waals surface area contributed by atoms with Crippen LogP contribution in [0.3, 0.4) is 0 Å². The summed E-state index contributed by atoms with van der Waals surface area (Å²) in [5, 5.41) is 7.20. The Labute approximate surface area is 127 Å². The van der Waals surface area contributed by atoms with Crippen LogP contribution in [0.4, 0.5) is 5.82 Å². The first kappa shape index (κ1) is 13.8. The van der Waals surface area contributed by atoms with E-state index in [0.29, 0.717) is 23.8 Å². The fourth-order valence-electron chi connectivity index (χ4n) is 2.46. The Morgan fingerprint density at radius 2 is 2.24 bits per heavy atom. The second-order valence-electron chi connectivity index (χ2n) is 5.13. The fourth-order valence-corrected chi connectivity index (χ4v) is 2.62. The number of nitrogens with zero attached hydrogens (tertiary/aromatic N) is 1. The Kier molecular flexibility index (Phi) is 3.70. The fraction of sp³-hybridized carbons (Fsp3) is 0.267. The Hall–Kier alpha value is -2.21. The van der Waals surface area contributed by atoms with Crippen LogP contribution in [0.1, 0.15) is 18.4 Å². The van der Waals surface area contributed by atoms with E-state index in [9.17, 15) is 4.79 Å². The van der Waals surface area contributed by atoms with Gasteiger partial charge in [0, 0.05) is 24.4 Å². The van der Waals surface area contributed by atoms with Crippen molar-refractivity contribution in [1.82, 2.24) is 10.3 Å². The standard InChI is InChI=1S/C15H16N4OS/c16-14(21)11-7-9-3-1-2-4-12(9)19-15(11)18-10-5-6-13(20)17-8-10/h1-4,7,10H,5-6,8H2,(H2,16,21)(H,17,20)(H,18,19). The number of aromatic nitrogens is 1. The van der Waals surface area contributed by atoms with E-state index in [-0.39, 0.29) is 11.9 Å². The van der Waals surface area contributed by atoms with Crippen molar-refractivity contribution in [1.29, 1.82) is 0 Å². The number of carbonyl (C=O) groups is 1. The van der Waals surface area contributed by atoms with E-state index >= 15 is 0 Å². The predicted octanol–water partition coefficient (Wildman–Crippen LogP) is 1.56. The molecule has 0 radical (unpaired) electrons. The van der Waals surface area contributed by atoms with E-state index < -0.39 is 0 Å². The number of hydrogen-bond acceptors (Lipinski definition) is 4. The predicted molar refractivity (Wildman–Crippen MR) is 87.3 cm³/mol. The molecule has 1 atom stereocenters. The third kappa shape index (κ3) is 2.95. The SMILES string of the molecule is NC(=S)c1cc2ccccc2nc1NC1CCC(=O)NC1. The topological polar surface area (TPSA) is 80.0 Å². The summed E-state index contributed by atoms with van der Waals surface area (Å²) < 4.78 is 0. The van der Waals surface area contributed by atoms with Gasteiger partial charge in [0.25, 0.3) is 0 Å². The highest BCUT2D eigenvalue weighted by molar-refractivity contribution is 7.80. The van der Waals surface area contributed by atoms with Crippen LogP contribution in [0.25, 0.3) is 10.9 Å². The van der Waals surface area contributed by atoms with Crippen LogP contribution in [-0.2, 0) is 4.79 Å². The third-order valence-corrected chi connectivity index (χ3v) is 3.82. The monoisotopic (exact) mass is 300 g/mol. The Morgan fingerprint density at radius 3 is 2.95 bits per heavy atom. The number of anilines is 1. The molecule has 0 bridgehead atoms. The van der Waals surface area contributed by atoms with Gasteiger partial charge in [-0.15, -0.1) is 0 Å². The second-order valence-corrected chi connectivity index (χ2v) is 5.57. The van der Waals surface area contributed by atoms with Gasteiger partial charge in [-0.05, 0) is 18.6 Å². The number of benzene rings is 1. The lowest BCUT2D eigenvalue weighted by Crippen LogP contribution is -2.42. The summed E-state index contributed by atoms with van der Waals surface area (Å²) in [6.07, 6.45) is 1.30. The van der Waals surface area contributed by atoms with Crippen LogP contribution in [0.5, 0.6) is 0 Å². The van der Waals surface area contributed by atoms with Gasteiger partial charge in [0.1, 0.15) is 10.8 Å². The van der Waals surface area contributed by atoms with Gasteiger partial charge < -0.3 is 16.4 Å². The number of carbonyl (C=O) groups excluding carboxylic acids is 1. The maximum atomic E-state index is 11.2. The highest BCUT2D eigenvalue weighted by Gasteiger charge is 2.20. The van der Waals surface area contributed by atoms with E-state index in [0.717, 1.165) is 22.9 Å². The smallest absolute Gasteiger partial charge is 0.220 e. The normalized spacial score (nSPS) is 18.3. The molecule has 2 aromatic rings. The summed E-state index contributed by atoms with van der Waals surface area (Å²) in [6.45, 7) is 0.587. The molecule has 0 saturated carbocycles. The number of fused-ring (bicyclic) bond motifs is 1. The molecule has 1 saturated heterocycles. The molecule has 0 spiro atoms. The van der Waals surface area contributed by atoms with Crippen LogP contribution >= 0.6 is 12.2 Å². The van der Waals surface area contributed by atoms with Crippen molar-refractivity contribution in [3.63, 3.8) is 0 Å². The average molecular weight is 300 g/mol. The zero-order valence-electron chi connectivity index (χ0n) is 11.4. The summed E-state index contributed by atoms with van der Waals surface area (Å²) >= 11 is 5.13. The lowest BCUT2D eigenvalue weighted by Gasteiger charge is -2.25. The maximum absolute atomic E-state index is 11.2. The molecule has 1 aromatic heterocycles. The summed E-state index contributed by atoms with van der Waals surface area (Å²) in [5.41, 5.74) is 7.44. The number of piperidine rings is 1. The summed E-state index contributed by atoms with van der Waals surface area (Å²) in [5.74, 6) is 0.774. The van der Waals surface area contributed by atoms with Gasteiger partial charge in [-0.2, -0.15) is 0 Å². The quantitative estimate of drug-likeness (QED) is 0.750. The molecule has 1 unspecified atom stereocenters. The van der Waals surface area contributed by atoms with E-state index in [1.54, 1.807) is 0 Å². The summed E-state index contributed by atoms with van der Waals surface area (Å²) in [4.78, 5) is 16.1. The van der Waals surface area contributed by atoms with E-state index in [4.69, 9.17) is 18.0 Å². The van der Waals surface area contributed by atoms with Gasteiger partial charge in [0.05, 0.1) is 11.1 Å². The van der Waals surface area contributed by atoms with Crippen LogP contribution in [-0.4, -0.2) is 28.5 Å². The summed E-state index contributed by atoms with van der Waals surface area (Å²) in [6, 6.07) is 9.93. The minimum atomic E-state index is 0.0917. The molecule has 4 N–H and O–H groups in total. The molecule has 21 heavy (non-hydrogen) atoms. The number of nitrogens with one attached hydrogen (secondary N) is 2. The number of nitrogens with two attached hydrogens (primary N) is 1. The molecule has 1 aliphatic heterocycles. The molecular weight excluding hydrogens is 284 g/mol. The van der Waals surface area contributed by atoms with E-state index in [1.165, 1.54) is 0 Å². The van der Waals surface area contributed by atoms with Crippen molar-refractivity contribution >= 4 is 39.8 Å². The van der Waals surface area contributed by atoms with E-state index in [1.807, 2.05) is 30.3 Å². The Morgan fingerprint density at radius 1 is 1.43 bits per heavy atom. The molecule has 5 nitrogen and oxygen atoms in total. The molecular formula is C15H16N4OS. The molecule has 0 aliphatic carbocycles. The average Bonchev–Trinajstić information content (AvgIpc) is 2.48. The molecule has 1 fully saturated rings. The maximum Gasteiger partial charge on any atom is 0.220 e. The minimum absolute atomic E-state index is 0.0917. The number of thiocarbonyl (C=S) groups is 1. The third-order valence-electron chi connectivity index (χ3n) is 3.60. The Balaban J connectivity index is 1.94. The van der Waals surface area contributed by atoms with Crippen LogP contribution in [0.2, 0.25) is 0 Å². The molecule has 1 aliphatic rings. The zero-order valence-corrected chi connectivity index (χ0v) is 12.2. The van der Waals surface area contributed by atoms with Crippen molar-refractivity contribution in [2.24, 2.45) is 5.73 Å². The lowest BCUT2D eigenvalue weighted by molar-refractivity contribution is -0.122. The van der Waals surface area contributed by atoms with Gasteiger partial charge in [-0.25, -0.2) is 4.98 Å². The number of rotatable bonds is 3. The minimum Gasteiger partial charge on any atom is -0.389 e. The van der Waals surface area contributed by atoms with Gasteiger partial charge in [-0.1, -0.05) is 30.4 Å². The van der Waals surface area contributed by atoms with Gasteiger partial charge >= 0.3 is 0 Å². The van der Waals surface area contributed by atoms with Gasteiger partial charge in [0.2, 0.25) is 5.91 Å². The largest absolute Gasteiger partial charge is 0.389 e. The highest BCUT2D eigenvalue weighted by Crippen LogP contribution is 2.22. The van der Waals surface area contributed by atoms with Crippen LogP contribution in [0, 0.1) is 0 Å². The zero-order chi connectivity index (χ0) is 14.8. The molecule has 2 heterocycles. The Bertz CT molecular complexity index is 706. The first-order valence-electron chi connectivity index (χ1n) is 6.86. The van der Waals surface area contributed by atoms with Crippen molar-refractivity contribution in [2.75, 3.05) is 11.9 Å². The van der Waals surface area contributed by atoms with Crippen molar-refractivity contribution in [2.45, 2.75) is 18.9 Å². The molecule has 108 valence electrons. The number of para-hydroxylation sites is 1. The second kappa shape index (κ2) is 5.65. The number of hydrogen-bond donors (Lipinski definition) is 3. The van der Waals surface area contributed by atoms with E-state index in [2.05, 4.69) is 15.6 Å². The first-order chi connectivity index (χ1) is 10.1. The van der Waals surface area contributed by atoms with Crippen molar-refractivity contribution in [3.8, 4) is 0 Å². The van der Waals surface area contributed by atoms with Gasteiger partial charge in [0.15, 0.2) is 0 Å². The van der Waals surface area contributed by atoms with Gasteiger partial charge in [-0.3, -0.25) is 4.79 Å². The molecule has 3 rings (SSSR count). The molecule has 1 amide bonds. The highest BCUT2D eigenvalue weighted by atomic mass is 32.1. The number of amides is 1. The molecule has 1 aromatic carbocycles. The first-order valence-corrected chi connectivity index (χ1v) is 7.27. The lowest BCUT2D eigenvalue weighted by atomic mass is 10.1. The van der Waals surface area contributed by atoms with Crippen molar-refractivity contribution in [3.05, 3.63) is 35.9 Å². The van der Waals surface area contributed by atoms with Crippen LogP contribution < -0.4 is 16.4 Å².